The summed E-state index contributed by atoms with van der Waals surface area (Å²) >= 11 is 0. The Bertz CT molecular complexity index is 1560. The highest BCUT2D eigenvalue weighted by molar-refractivity contribution is 5.95. The maximum Gasteiger partial charge on any atom is 0.411 e. The third-order valence-corrected chi connectivity index (χ3v) is 8.47. The number of anilines is 1. The molecule has 0 saturated carbocycles. The molecule has 2 bridgehead atoms. The van der Waals surface area contributed by atoms with Crippen molar-refractivity contribution >= 4 is 35.7 Å². The van der Waals surface area contributed by atoms with E-state index in [-0.39, 0.29) is 11.1 Å². The van der Waals surface area contributed by atoms with E-state index in [0.717, 1.165) is 29.9 Å². The number of rotatable bonds is 9. The van der Waals surface area contributed by atoms with Gasteiger partial charge >= 0.3 is 30.0 Å². The van der Waals surface area contributed by atoms with Crippen LogP contribution in [0.4, 0.5) is 10.5 Å². The van der Waals surface area contributed by atoms with Gasteiger partial charge in [-0.3, -0.25) is 9.80 Å². The Balaban J connectivity index is 0.000000228. The van der Waals surface area contributed by atoms with E-state index in [2.05, 4.69) is 24.0 Å². The van der Waals surface area contributed by atoms with E-state index < -0.39 is 42.2 Å². The molecule has 1 heterocycles. The Labute approximate surface area is 272 Å². The smallest absolute Gasteiger partial charge is 0.411 e. The number of esters is 2. The number of carboxylic acids is 2. The fourth-order valence-corrected chi connectivity index (χ4v) is 5.77. The van der Waals surface area contributed by atoms with Crippen LogP contribution >= 0.6 is 0 Å². The highest BCUT2D eigenvalue weighted by Gasteiger charge is 2.41. The van der Waals surface area contributed by atoms with Gasteiger partial charge in [0.1, 0.15) is 0 Å². The molecule has 5 rings (SSSR count). The summed E-state index contributed by atoms with van der Waals surface area (Å²) < 4.78 is 9.64. The second kappa shape index (κ2) is 14.9. The molecular weight excluding hydrogens is 608 g/mol. The van der Waals surface area contributed by atoms with Gasteiger partial charge in [-0.2, -0.15) is 0 Å². The van der Waals surface area contributed by atoms with E-state index in [1.807, 2.05) is 6.07 Å². The zero-order valence-electron chi connectivity index (χ0n) is 26.6. The average Bonchev–Trinajstić information content (AvgIpc) is 3.33. The van der Waals surface area contributed by atoms with Crippen molar-refractivity contribution in [3.8, 4) is 0 Å². The van der Waals surface area contributed by atoms with Crippen molar-refractivity contribution in [2.24, 2.45) is 0 Å². The summed E-state index contributed by atoms with van der Waals surface area (Å²) in [4.78, 5) is 62.2. The number of amides is 1. The molecule has 0 spiro atoms. The molecule has 4 atom stereocenters. The van der Waals surface area contributed by atoms with Gasteiger partial charge in [0.2, 0.25) is 12.2 Å². The number of ether oxygens (including phenoxy) is 2. The van der Waals surface area contributed by atoms with Gasteiger partial charge in [-0.15, -0.1) is 0 Å². The molecule has 0 radical (unpaired) electrons. The van der Waals surface area contributed by atoms with Crippen molar-refractivity contribution in [2.75, 3.05) is 25.0 Å². The third-order valence-electron chi connectivity index (χ3n) is 8.47. The summed E-state index contributed by atoms with van der Waals surface area (Å²) in [5, 5.41) is 27.7. The number of hydrogen-bond acceptors (Lipinski definition) is 8. The van der Waals surface area contributed by atoms with Crippen molar-refractivity contribution in [3.05, 3.63) is 100 Å². The van der Waals surface area contributed by atoms with Crippen molar-refractivity contribution in [1.82, 2.24) is 4.90 Å². The first-order valence-corrected chi connectivity index (χ1v) is 15.2. The number of benzene rings is 3. The summed E-state index contributed by atoms with van der Waals surface area (Å²) in [6, 6.07) is 18.7. The Morgan fingerprint density at radius 3 is 1.70 bits per heavy atom. The van der Waals surface area contributed by atoms with E-state index in [4.69, 9.17) is 14.6 Å². The highest BCUT2D eigenvalue weighted by Crippen LogP contribution is 2.49. The van der Waals surface area contributed by atoms with Crippen LogP contribution in [0.15, 0.2) is 66.7 Å². The van der Waals surface area contributed by atoms with E-state index in [0.29, 0.717) is 12.0 Å². The van der Waals surface area contributed by atoms with Gasteiger partial charge in [0, 0.05) is 18.8 Å². The number of aryl methyl sites for hydroxylation is 2. The molecule has 1 amide bonds. The molecule has 1 aliphatic heterocycles. The van der Waals surface area contributed by atoms with Crippen LogP contribution in [-0.4, -0.2) is 82.5 Å². The van der Waals surface area contributed by atoms with Crippen LogP contribution in [0.3, 0.4) is 0 Å². The zero-order chi connectivity index (χ0) is 34.4. The number of carbonyl (C=O) groups is 5. The zero-order valence-corrected chi connectivity index (χ0v) is 26.6. The minimum Gasteiger partial charge on any atom is -0.478 e. The molecule has 2 unspecified atom stereocenters. The Morgan fingerprint density at radius 1 is 0.787 bits per heavy atom. The maximum absolute atomic E-state index is 12.2. The lowest BCUT2D eigenvalue weighted by atomic mass is 9.95. The fraction of sp³-hybridized carbons (Fsp3) is 0.343. The normalized spacial score (nSPS) is 17.6. The largest absolute Gasteiger partial charge is 0.478 e. The van der Waals surface area contributed by atoms with Gasteiger partial charge in [0.25, 0.3) is 0 Å². The van der Waals surface area contributed by atoms with Gasteiger partial charge in [-0.25, -0.2) is 24.0 Å². The van der Waals surface area contributed by atoms with E-state index in [1.165, 1.54) is 53.1 Å². The van der Waals surface area contributed by atoms with E-state index >= 15 is 0 Å². The molecule has 47 heavy (non-hydrogen) atoms. The SMILES string of the molecule is CCN1CCC2CC1c1ccc(N(C)C(=O)O)cc12.Cc1ccc(C(=O)O[C@@H](C(=O)O)[C@@H](OC(=O)c2ccc(C)cc2)C(=O)O)cc1. The lowest BCUT2D eigenvalue weighted by molar-refractivity contribution is -0.166. The number of piperidine rings is 1. The van der Waals surface area contributed by atoms with Gasteiger partial charge in [-0.1, -0.05) is 48.4 Å². The van der Waals surface area contributed by atoms with Crippen LogP contribution in [-0.2, 0) is 19.1 Å². The molecule has 248 valence electrons. The molecule has 12 nitrogen and oxygen atoms in total. The van der Waals surface area contributed by atoms with Gasteiger partial charge in [0.15, 0.2) is 0 Å². The molecule has 0 aromatic heterocycles. The second-order valence-corrected chi connectivity index (χ2v) is 11.6. The van der Waals surface area contributed by atoms with E-state index in [9.17, 15) is 34.2 Å². The second-order valence-electron chi connectivity index (χ2n) is 11.6. The number of fused-ring (bicyclic) bond motifs is 5. The van der Waals surface area contributed by atoms with Crippen LogP contribution in [0.5, 0.6) is 0 Å². The van der Waals surface area contributed by atoms with Gasteiger partial charge < -0.3 is 24.8 Å². The topological polar surface area (TPSA) is 171 Å². The summed E-state index contributed by atoms with van der Waals surface area (Å²) in [7, 11) is 1.60. The van der Waals surface area contributed by atoms with Crippen LogP contribution in [0.2, 0.25) is 0 Å². The lowest BCUT2D eigenvalue weighted by Gasteiger charge is -2.32. The number of aliphatic carboxylic acids is 2. The first-order valence-electron chi connectivity index (χ1n) is 15.2. The maximum atomic E-state index is 12.2. The standard InChI is InChI=1S/C20H18O8.C15H20N2O2/c1-11-3-7-13(8-4-11)19(25)27-15(17(21)22)16(18(23)24)28-20(26)14-9-5-12(2)6-10-14;1-3-17-7-6-10-8-14(17)12-5-4-11(9-13(10)12)16(2)15(18)19/h3-10,15-16H,1-2H3,(H,21,22)(H,23,24);4-5,9-10,14H,3,6-8H2,1-2H3,(H,18,19)/t15-,16-;/m1./s1. The lowest BCUT2D eigenvalue weighted by Crippen LogP contribution is -2.45. The molecule has 3 aromatic rings. The van der Waals surface area contributed by atoms with Gasteiger partial charge in [-0.05, 0) is 93.2 Å². The fourth-order valence-electron chi connectivity index (χ4n) is 5.77. The van der Waals surface area contributed by atoms with Crippen LogP contribution < -0.4 is 4.90 Å². The van der Waals surface area contributed by atoms with Crippen molar-refractivity contribution < 1.29 is 48.8 Å². The van der Waals surface area contributed by atoms with Gasteiger partial charge in [0.05, 0.1) is 11.1 Å². The molecule has 3 N–H and O–H groups in total. The highest BCUT2D eigenvalue weighted by atomic mass is 16.6. The third kappa shape index (κ3) is 8.14. The summed E-state index contributed by atoms with van der Waals surface area (Å²) in [5.41, 5.74) is 5.35. The molecule has 1 fully saturated rings. The minimum absolute atomic E-state index is 0.0332. The monoisotopic (exact) mass is 646 g/mol. The molecule has 1 saturated heterocycles. The predicted molar refractivity (Wildman–Crippen MR) is 171 cm³/mol. The van der Waals surface area contributed by atoms with Crippen LogP contribution in [0.1, 0.15) is 74.7 Å². The molecule has 3 aromatic carbocycles. The van der Waals surface area contributed by atoms with Crippen LogP contribution in [0, 0.1) is 13.8 Å². The van der Waals surface area contributed by atoms with E-state index in [1.54, 1.807) is 45.2 Å². The quantitative estimate of drug-likeness (QED) is 0.259. The Kier molecular flexibility index (Phi) is 11.0. The minimum atomic E-state index is -2.22. The number of carboxylic acid groups (broad SMARTS) is 3. The molecule has 2 aliphatic rings. The molecular formula is C35H38N2O10. The average molecular weight is 647 g/mol. The Hall–Kier alpha value is -5.23. The van der Waals surface area contributed by atoms with Crippen molar-refractivity contribution in [3.63, 3.8) is 0 Å². The first-order chi connectivity index (χ1) is 22.3. The number of likely N-dealkylation sites (tertiary alicyclic amines) is 1. The number of hydrogen-bond donors (Lipinski definition) is 3. The van der Waals surface area contributed by atoms with Crippen LogP contribution in [0.25, 0.3) is 0 Å². The number of carbonyl (C=O) groups excluding carboxylic acids is 2. The number of nitrogens with zero attached hydrogens (tertiary/aromatic N) is 2. The predicted octanol–water partition coefficient (Wildman–Crippen LogP) is 5.28. The first kappa shape index (κ1) is 34.6. The molecule has 12 heteroatoms. The van der Waals surface area contributed by atoms with Crippen molar-refractivity contribution in [2.45, 2.75) is 57.8 Å². The summed E-state index contributed by atoms with van der Waals surface area (Å²) in [6.45, 7) is 8.05. The summed E-state index contributed by atoms with van der Waals surface area (Å²) in [5.74, 6) is -5.01. The molecule has 1 aliphatic carbocycles. The van der Waals surface area contributed by atoms with Crippen molar-refractivity contribution in [1.29, 1.82) is 0 Å². The Morgan fingerprint density at radius 2 is 1.28 bits per heavy atom. The summed E-state index contributed by atoms with van der Waals surface area (Å²) in [6.07, 6.45) is -2.96.